The van der Waals surface area contributed by atoms with E-state index in [1.54, 1.807) is 0 Å². The minimum Gasteiger partial charge on any atom is -0.377 e. The third kappa shape index (κ3) is 4.07. The quantitative estimate of drug-likeness (QED) is 0.715. The molecule has 0 radical (unpaired) electrons. The zero-order valence-corrected chi connectivity index (χ0v) is 11.9. The number of nitrogens with zero attached hydrogens (tertiary/aromatic N) is 1. The number of ether oxygens (including phenoxy) is 1. The molecule has 0 spiro atoms. The number of carbonyl (C=O) groups is 1. The van der Waals surface area contributed by atoms with Crippen LogP contribution in [0.5, 0.6) is 0 Å². The molecule has 1 aliphatic rings. The molecule has 2 atom stereocenters. The summed E-state index contributed by atoms with van der Waals surface area (Å²) in [7, 11) is 0. The maximum Gasteiger partial charge on any atom is 0.152 e. The topological polar surface area (TPSA) is 29.5 Å². The van der Waals surface area contributed by atoms with E-state index < -0.39 is 0 Å². The van der Waals surface area contributed by atoms with Gasteiger partial charge in [-0.3, -0.25) is 9.69 Å². The number of Topliss-reactive ketones (excluding diaryl/α,β-unsaturated/α-hetero) is 1. The van der Waals surface area contributed by atoms with E-state index >= 15 is 0 Å². The van der Waals surface area contributed by atoms with Gasteiger partial charge in [-0.25, -0.2) is 0 Å². The van der Waals surface area contributed by atoms with E-state index in [4.69, 9.17) is 4.74 Å². The lowest BCUT2D eigenvalue weighted by molar-refractivity contribution is -0.126. The van der Waals surface area contributed by atoms with Crippen molar-refractivity contribution in [1.82, 2.24) is 4.90 Å². The molecule has 3 heteroatoms. The van der Waals surface area contributed by atoms with Crippen LogP contribution in [-0.4, -0.2) is 42.5 Å². The van der Waals surface area contributed by atoms with Gasteiger partial charge in [0.1, 0.15) is 0 Å². The predicted octanol–water partition coefficient (Wildman–Crippen LogP) is 2.35. The molecule has 0 amide bonds. The van der Waals surface area contributed by atoms with Crippen molar-refractivity contribution in [3.8, 4) is 0 Å². The highest BCUT2D eigenvalue weighted by atomic mass is 16.5. The molecule has 0 N–H and O–H groups in total. The average molecular weight is 241 g/mol. The molecular weight excluding hydrogens is 214 g/mol. The smallest absolute Gasteiger partial charge is 0.152 e. The second-order valence-electron chi connectivity index (χ2n) is 5.75. The van der Waals surface area contributed by atoms with E-state index in [2.05, 4.69) is 25.7 Å². The molecule has 0 aliphatic carbocycles. The number of ketones is 1. The Labute approximate surface area is 106 Å². The Bertz CT molecular complexity index is 251. The second kappa shape index (κ2) is 6.50. The van der Waals surface area contributed by atoms with Crippen LogP contribution in [0.3, 0.4) is 0 Å². The van der Waals surface area contributed by atoms with E-state index in [0.717, 1.165) is 26.1 Å². The monoisotopic (exact) mass is 241 g/mol. The summed E-state index contributed by atoms with van der Waals surface area (Å²) in [4.78, 5) is 14.4. The van der Waals surface area contributed by atoms with Crippen molar-refractivity contribution in [3.05, 3.63) is 0 Å². The Morgan fingerprint density at radius 3 is 2.47 bits per heavy atom. The van der Waals surface area contributed by atoms with Gasteiger partial charge in [0.15, 0.2) is 5.78 Å². The number of rotatable bonds is 6. The average Bonchev–Trinajstić information content (AvgIpc) is 2.68. The number of hydrogen-bond acceptors (Lipinski definition) is 3. The SMILES string of the molecule is CCN1CC(OCC(C)C)C[C@H]1C(=O)C(C)C. The fourth-order valence-electron chi connectivity index (χ4n) is 2.34. The maximum absolute atomic E-state index is 12.1. The standard InChI is InChI=1S/C14H27NO2/c1-6-15-8-12(17-9-10(2)3)7-13(15)14(16)11(4)5/h10-13H,6-9H2,1-5H3/t12?,13-/m0/s1. The molecule has 1 saturated heterocycles. The highest BCUT2D eigenvalue weighted by molar-refractivity contribution is 5.86. The Balaban J connectivity index is 2.52. The summed E-state index contributed by atoms with van der Waals surface area (Å²) in [5, 5.41) is 0. The molecule has 1 fully saturated rings. The van der Waals surface area contributed by atoms with Gasteiger partial charge in [-0.05, 0) is 18.9 Å². The van der Waals surface area contributed by atoms with E-state index in [0.29, 0.717) is 11.7 Å². The normalized spacial score (nSPS) is 26.1. The number of hydrogen-bond donors (Lipinski definition) is 0. The first-order valence-corrected chi connectivity index (χ1v) is 6.85. The van der Waals surface area contributed by atoms with Crippen LogP contribution in [0, 0.1) is 11.8 Å². The minimum atomic E-state index is 0.0807. The van der Waals surface area contributed by atoms with Crippen molar-refractivity contribution in [3.63, 3.8) is 0 Å². The second-order valence-corrected chi connectivity index (χ2v) is 5.75. The van der Waals surface area contributed by atoms with Crippen molar-refractivity contribution in [2.75, 3.05) is 19.7 Å². The summed E-state index contributed by atoms with van der Waals surface area (Å²) < 4.78 is 5.86. The first kappa shape index (κ1) is 14.7. The van der Waals surface area contributed by atoms with Gasteiger partial charge in [-0.1, -0.05) is 34.6 Å². The van der Waals surface area contributed by atoms with Crippen LogP contribution in [-0.2, 0) is 9.53 Å². The fourth-order valence-corrected chi connectivity index (χ4v) is 2.34. The summed E-state index contributed by atoms with van der Waals surface area (Å²) in [6, 6.07) is 0.0807. The van der Waals surface area contributed by atoms with Gasteiger partial charge in [0.2, 0.25) is 0 Å². The highest BCUT2D eigenvalue weighted by Crippen LogP contribution is 2.23. The van der Waals surface area contributed by atoms with Gasteiger partial charge in [-0.15, -0.1) is 0 Å². The van der Waals surface area contributed by atoms with Crippen molar-refractivity contribution >= 4 is 5.78 Å². The van der Waals surface area contributed by atoms with Crippen LogP contribution in [0.25, 0.3) is 0 Å². The zero-order valence-electron chi connectivity index (χ0n) is 11.9. The van der Waals surface area contributed by atoms with Gasteiger partial charge in [0, 0.05) is 19.1 Å². The molecule has 100 valence electrons. The lowest BCUT2D eigenvalue weighted by Crippen LogP contribution is -2.38. The Kier molecular flexibility index (Phi) is 5.60. The van der Waals surface area contributed by atoms with Gasteiger partial charge in [0.05, 0.1) is 12.1 Å². The van der Waals surface area contributed by atoms with Crippen LogP contribution in [0.15, 0.2) is 0 Å². The van der Waals surface area contributed by atoms with Crippen LogP contribution < -0.4 is 0 Å². The molecule has 0 saturated carbocycles. The molecule has 1 unspecified atom stereocenters. The molecule has 17 heavy (non-hydrogen) atoms. The summed E-state index contributed by atoms with van der Waals surface area (Å²) in [5.41, 5.74) is 0. The van der Waals surface area contributed by atoms with E-state index in [9.17, 15) is 4.79 Å². The lowest BCUT2D eigenvalue weighted by atomic mass is 9.99. The van der Waals surface area contributed by atoms with E-state index in [1.165, 1.54) is 0 Å². The predicted molar refractivity (Wildman–Crippen MR) is 70.1 cm³/mol. The molecule has 1 rings (SSSR count). The molecule has 3 nitrogen and oxygen atoms in total. The molecule has 0 aromatic heterocycles. The first-order chi connectivity index (χ1) is 7.95. The van der Waals surface area contributed by atoms with Crippen LogP contribution in [0.1, 0.15) is 41.0 Å². The van der Waals surface area contributed by atoms with Crippen LogP contribution in [0.2, 0.25) is 0 Å². The highest BCUT2D eigenvalue weighted by Gasteiger charge is 2.36. The van der Waals surface area contributed by atoms with Crippen molar-refractivity contribution < 1.29 is 9.53 Å². The Hall–Kier alpha value is -0.410. The molecule has 1 aliphatic heterocycles. The summed E-state index contributed by atoms with van der Waals surface area (Å²) in [6.07, 6.45) is 1.11. The maximum atomic E-state index is 12.1. The Morgan fingerprint density at radius 2 is 2.00 bits per heavy atom. The molecule has 0 bridgehead atoms. The molecular formula is C14H27NO2. The van der Waals surface area contributed by atoms with Gasteiger partial charge < -0.3 is 4.74 Å². The fraction of sp³-hybridized carbons (Fsp3) is 0.929. The molecule has 1 heterocycles. The largest absolute Gasteiger partial charge is 0.377 e. The van der Waals surface area contributed by atoms with Crippen molar-refractivity contribution in [1.29, 1.82) is 0 Å². The molecule has 0 aromatic rings. The lowest BCUT2D eigenvalue weighted by Gasteiger charge is -2.22. The van der Waals surface area contributed by atoms with E-state index in [-0.39, 0.29) is 18.1 Å². The number of likely N-dealkylation sites (N-methyl/N-ethyl adjacent to an activating group) is 1. The summed E-state index contributed by atoms with van der Waals surface area (Å²) in [5.74, 6) is 1.05. The van der Waals surface area contributed by atoms with Crippen molar-refractivity contribution in [2.24, 2.45) is 11.8 Å². The third-order valence-corrected chi connectivity index (χ3v) is 3.33. The van der Waals surface area contributed by atoms with Crippen LogP contribution in [0.4, 0.5) is 0 Å². The van der Waals surface area contributed by atoms with Gasteiger partial charge in [0.25, 0.3) is 0 Å². The number of likely N-dealkylation sites (tertiary alicyclic amines) is 1. The van der Waals surface area contributed by atoms with Gasteiger partial charge in [-0.2, -0.15) is 0 Å². The van der Waals surface area contributed by atoms with E-state index in [1.807, 2.05) is 13.8 Å². The van der Waals surface area contributed by atoms with Gasteiger partial charge >= 0.3 is 0 Å². The summed E-state index contributed by atoms with van der Waals surface area (Å²) in [6.45, 7) is 13.0. The minimum absolute atomic E-state index is 0.0807. The summed E-state index contributed by atoms with van der Waals surface area (Å²) >= 11 is 0. The zero-order chi connectivity index (χ0) is 13.0. The number of carbonyl (C=O) groups excluding carboxylic acids is 1. The third-order valence-electron chi connectivity index (χ3n) is 3.33. The molecule has 0 aromatic carbocycles. The first-order valence-electron chi connectivity index (χ1n) is 6.85. The Morgan fingerprint density at radius 1 is 1.35 bits per heavy atom. The van der Waals surface area contributed by atoms with Crippen LogP contribution >= 0.6 is 0 Å². The van der Waals surface area contributed by atoms with Crippen molar-refractivity contribution in [2.45, 2.75) is 53.2 Å².